The van der Waals surface area contributed by atoms with E-state index in [1.165, 1.54) is 11.1 Å². The number of aryl methyl sites for hydroxylation is 1. The minimum absolute atomic E-state index is 0.297. The first-order valence-corrected chi connectivity index (χ1v) is 4.63. The average molecular weight is 179 g/mol. The number of rotatable bonds is 4. The Kier molecular flexibility index (Phi) is 3.93. The van der Waals surface area contributed by atoms with E-state index in [0.29, 0.717) is 6.04 Å². The summed E-state index contributed by atoms with van der Waals surface area (Å²) in [6, 6.07) is 8.81. The van der Waals surface area contributed by atoms with Crippen LogP contribution in [0, 0.1) is 6.92 Å². The predicted molar refractivity (Wildman–Crippen MR) is 54.4 cm³/mol. The van der Waals surface area contributed by atoms with Crippen molar-refractivity contribution in [3.8, 4) is 0 Å². The minimum atomic E-state index is 0.297. The summed E-state index contributed by atoms with van der Waals surface area (Å²) in [7, 11) is 1.65. The zero-order valence-electron chi connectivity index (χ0n) is 8.50. The molecule has 0 aliphatic heterocycles. The van der Waals surface area contributed by atoms with Crippen LogP contribution in [0.1, 0.15) is 30.5 Å². The molecule has 0 amide bonds. The molecule has 1 unspecified atom stereocenters. The Hall–Kier alpha value is -0.860. The van der Waals surface area contributed by atoms with Crippen LogP contribution in [0.3, 0.4) is 0 Å². The Morgan fingerprint density at radius 3 is 2.38 bits per heavy atom. The van der Waals surface area contributed by atoms with Crippen LogP contribution in [0.5, 0.6) is 0 Å². The number of hydrogen-bond acceptors (Lipinski definition) is 2. The first kappa shape index (κ1) is 10.2. The van der Waals surface area contributed by atoms with E-state index in [0.717, 1.165) is 6.42 Å². The molecule has 1 aromatic rings. The van der Waals surface area contributed by atoms with Gasteiger partial charge in [-0.25, -0.2) is 0 Å². The molecule has 0 aliphatic rings. The maximum absolute atomic E-state index is 4.93. The van der Waals surface area contributed by atoms with Gasteiger partial charge in [-0.05, 0) is 18.9 Å². The van der Waals surface area contributed by atoms with E-state index >= 15 is 0 Å². The van der Waals surface area contributed by atoms with Gasteiger partial charge in [0, 0.05) is 0 Å². The normalized spacial score (nSPS) is 12.8. The van der Waals surface area contributed by atoms with E-state index in [2.05, 4.69) is 43.6 Å². The highest BCUT2D eigenvalue weighted by Crippen LogP contribution is 2.16. The largest absolute Gasteiger partial charge is 0.305 e. The molecule has 0 radical (unpaired) electrons. The quantitative estimate of drug-likeness (QED) is 0.717. The van der Waals surface area contributed by atoms with E-state index < -0.39 is 0 Å². The highest BCUT2D eigenvalue weighted by atomic mass is 16.6. The summed E-state index contributed by atoms with van der Waals surface area (Å²) < 4.78 is 0. The molecule has 2 nitrogen and oxygen atoms in total. The number of hydroxylamine groups is 1. The van der Waals surface area contributed by atoms with Gasteiger partial charge in [0.25, 0.3) is 0 Å². The van der Waals surface area contributed by atoms with Crippen LogP contribution < -0.4 is 5.48 Å². The number of nitrogens with one attached hydrogen (secondary N) is 1. The molecule has 1 atom stereocenters. The van der Waals surface area contributed by atoms with Crippen LogP contribution in [-0.2, 0) is 4.84 Å². The summed E-state index contributed by atoms with van der Waals surface area (Å²) in [4.78, 5) is 4.93. The van der Waals surface area contributed by atoms with E-state index in [-0.39, 0.29) is 0 Å². The van der Waals surface area contributed by atoms with E-state index in [1.54, 1.807) is 7.11 Å². The molecule has 0 bridgehead atoms. The smallest absolute Gasteiger partial charge is 0.0572 e. The highest BCUT2D eigenvalue weighted by Gasteiger charge is 2.06. The lowest BCUT2D eigenvalue weighted by Crippen LogP contribution is -2.19. The molecule has 0 heterocycles. The lowest BCUT2D eigenvalue weighted by atomic mass is 10.0. The molecule has 1 N–H and O–H groups in total. The summed E-state index contributed by atoms with van der Waals surface area (Å²) >= 11 is 0. The molecular weight excluding hydrogens is 162 g/mol. The van der Waals surface area contributed by atoms with Gasteiger partial charge in [-0.15, -0.1) is 0 Å². The molecule has 0 spiro atoms. The van der Waals surface area contributed by atoms with Crippen LogP contribution in [0.25, 0.3) is 0 Å². The fourth-order valence-corrected chi connectivity index (χ4v) is 1.33. The summed E-state index contributed by atoms with van der Waals surface area (Å²) in [5, 5.41) is 0. The minimum Gasteiger partial charge on any atom is -0.305 e. The van der Waals surface area contributed by atoms with Crippen molar-refractivity contribution in [3.05, 3.63) is 35.4 Å². The van der Waals surface area contributed by atoms with Gasteiger partial charge in [0.05, 0.1) is 13.2 Å². The SMILES string of the molecule is CCC(NOC)c1ccc(C)cc1. The summed E-state index contributed by atoms with van der Waals surface area (Å²) in [6.07, 6.45) is 1.02. The van der Waals surface area contributed by atoms with Crippen LogP contribution in [0.15, 0.2) is 24.3 Å². The molecular formula is C11H17NO. The lowest BCUT2D eigenvalue weighted by Gasteiger charge is -2.15. The van der Waals surface area contributed by atoms with E-state index in [4.69, 9.17) is 4.84 Å². The fraction of sp³-hybridized carbons (Fsp3) is 0.455. The second-order valence-electron chi connectivity index (χ2n) is 3.19. The Morgan fingerprint density at radius 2 is 1.92 bits per heavy atom. The Morgan fingerprint density at radius 1 is 1.31 bits per heavy atom. The first-order chi connectivity index (χ1) is 6.27. The van der Waals surface area contributed by atoms with Crippen LogP contribution in [0.2, 0.25) is 0 Å². The maximum atomic E-state index is 4.93. The van der Waals surface area contributed by atoms with Gasteiger partial charge in [-0.3, -0.25) is 0 Å². The zero-order chi connectivity index (χ0) is 9.68. The highest BCUT2D eigenvalue weighted by molar-refractivity contribution is 5.23. The third-order valence-electron chi connectivity index (χ3n) is 2.15. The van der Waals surface area contributed by atoms with Gasteiger partial charge in [0.1, 0.15) is 0 Å². The monoisotopic (exact) mass is 179 g/mol. The predicted octanol–water partition coefficient (Wildman–Crippen LogP) is 2.60. The summed E-state index contributed by atoms with van der Waals surface area (Å²) in [6.45, 7) is 4.23. The van der Waals surface area contributed by atoms with Crippen molar-refractivity contribution in [3.63, 3.8) is 0 Å². The van der Waals surface area contributed by atoms with Gasteiger partial charge in [0.2, 0.25) is 0 Å². The molecule has 0 aliphatic carbocycles. The molecule has 0 aromatic heterocycles. The molecule has 0 fully saturated rings. The Balaban J connectivity index is 2.73. The van der Waals surface area contributed by atoms with Gasteiger partial charge < -0.3 is 4.84 Å². The lowest BCUT2D eigenvalue weighted by molar-refractivity contribution is 0.0593. The third-order valence-corrected chi connectivity index (χ3v) is 2.15. The fourth-order valence-electron chi connectivity index (χ4n) is 1.33. The van der Waals surface area contributed by atoms with Gasteiger partial charge in [-0.1, -0.05) is 36.8 Å². The zero-order valence-corrected chi connectivity index (χ0v) is 8.50. The van der Waals surface area contributed by atoms with Crippen molar-refractivity contribution in [1.82, 2.24) is 5.48 Å². The number of benzene rings is 1. The van der Waals surface area contributed by atoms with Crippen molar-refractivity contribution >= 4 is 0 Å². The van der Waals surface area contributed by atoms with Crippen molar-refractivity contribution in [2.24, 2.45) is 0 Å². The Bertz CT molecular complexity index is 243. The second-order valence-corrected chi connectivity index (χ2v) is 3.19. The van der Waals surface area contributed by atoms with Gasteiger partial charge in [0.15, 0.2) is 0 Å². The van der Waals surface area contributed by atoms with E-state index in [9.17, 15) is 0 Å². The van der Waals surface area contributed by atoms with Gasteiger partial charge in [-0.2, -0.15) is 5.48 Å². The van der Waals surface area contributed by atoms with Gasteiger partial charge >= 0.3 is 0 Å². The second kappa shape index (κ2) is 5.00. The molecule has 1 aromatic carbocycles. The topological polar surface area (TPSA) is 21.3 Å². The van der Waals surface area contributed by atoms with Crippen molar-refractivity contribution in [2.45, 2.75) is 26.3 Å². The first-order valence-electron chi connectivity index (χ1n) is 4.63. The molecule has 0 saturated heterocycles. The van der Waals surface area contributed by atoms with Crippen LogP contribution in [0.4, 0.5) is 0 Å². The Labute approximate surface area is 79.9 Å². The molecule has 13 heavy (non-hydrogen) atoms. The van der Waals surface area contributed by atoms with Crippen molar-refractivity contribution < 1.29 is 4.84 Å². The van der Waals surface area contributed by atoms with Crippen molar-refractivity contribution in [2.75, 3.05) is 7.11 Å². The van der Waals surface area contributed by atoms with Crippen LogP contribution >= 0.6 is 0 Å². The van der Waals surface area contributed by atoms with Crippen LogP contribution in [-0.4, -0.2) is 7.11 Å². The molecule has 0 saturated carbocycles. The summed E-state index contributed by atoms with van der Waals surface area (Å²) in [5.74, 6) is 0. The summed E-state index contributed by atoms with van der Waals surface area (Å²) in [5.41, 5.74) is 5.53. The maximum Gasteiger partial charge on any atom is 0.0572 e. The number of hydrogen-bond donors (Lipinski definition) is 1. The van der Waals surface area contributed by atoms with Crippen molar-refractivity contribution in [1.29, 1.82) is 0 Å². The molecule has 2 heteroatoms. The average Bonchev–Trinajstić information content (AvgIpc) is 2.16. The third kappa shape index (κ3) is 2.83. The standard InChI is InChI=1S/C11H17NO/c1-4-11(12-13-3)10-7-5-9(2)6-8-10/h5-8,11-12H,4H2,1-3H3. The molecule has 72 valence electrons. The van der Waals surface area contributed by atoms with E-state index in [1.807, 2.05) is 0 Å². The molecule has 1 rings (SSSR count).